The molecule has 0 fully saturated rings. The van der Waals surface area contributed by atoms with Crippen LogP contribution in [0, 0.1) is 0 Å². The molecule has 0 bridgehead atoms. The van der Waals surface area contributed by atoms with Crippen LogP contribution in [0.3, 0.4) is 0 Å². The third kappa shape index (κ3) is 2.86. The van der Waals surface area contributed by atoms with E-state index in [0.29, 0.717) is 17.6 Å². The Morgan fingerprint density at radius 1 is 0.875 bits per heavy atom. The molecule has 122 valence electrons. The van der Waals surface area contributed by atoms with Crippen LogP contribution < -0.4 is 16.4 Å². The number of likely N-dealkylation sites (N-methyl/N-ethyl adjacent to an activating group) is 1. The summed E-state index contributed by atoms with van der Waals surface area (Å²) in [6, 6.07) is 16.6. The second kappa shape index (κ2) is 6.54. The molecule has 3 aromatic rings. The second-order valence-electron chi connectivity index (χ2n) is 5.43. The number of benzene rings is 2. The summed E-state index contributed by atoms with van der Waals surface area (Å²) in [7, 11) is 1.49. The largest absolute Gasteiger partial charge is 0.358 e. The number of nitrogens with one attached hydrogen (secondary N) is 1. The van der Waals surface area contributed by atoms with Gasteiger partial charge in [0.15, 0.2) is 0 Å². The highest BCUT2D eigenvalue weighted by Crippen LogP contribution is 2.12. The Morgan fingerprint density at radius 3 is 2.04 bits per heavy atom. The normalized spacial score (nSPS) is 10.7. The molecule has 1 heterocycles. The lowest BCUT2D eigenvalue weighted by Crippen LogP contribution is -2.43. The SMILES string of the molecule is CNC(=O)Cn1c(=O)c(=O)n(Cc2ccccc2)c2ccccc21. The summed E-state index contributed by atoms with van der Waals surface area (Å²) in [5.41, 5.74) is 0.763. The molecule has 0 aliphatic heterocycles. The fourth-order valence-corrected chi connectivity index (χ4v) is 2.67. The van der Waals surface area contributed by atoms with Crippen LogP contribution in [0.15, 0.2) is 64.2 Å². The van der Waals surface area contributed by atoms with Gasteiger partial charge in [-0.05, 0) is 17.7 Å². The summed E-state index contributed by atoms with van der Waals surface area (Å²) in [4.78, 5) is 36.8. The lowest BCUT2D eigenvalue weighted by Gasteiger charge is -2.14. The van der Waals surface area contributed by atoms with Crippen LogP contribution in [0.1, 0.15) is 5.56 Å². The maximum atomic E-state index is 12.6. The van der Waals surface area contributed by atoms with Gasteiger partial charge in [0.2, 0.25) is 5.91 Å². The van der Waals surface area contributed by atoms with E-state index in [2.05, 4.69) is 5.32 Å². The molecular weight excluding hydrogens is 306 g/mol. The predicted octanol–water partition coefficient (Wildman–Crippen LogP) is 0.958. The smallest absolute Gasteiger partial charge is 0.317 e. The topological polar surface area (TPSA) is 73.1 Å². The first-order valence-corrected chi connectivity index (χ1v) is 7.58. The minimum atomic E-state index is -0.701. The number of carbonyl (C=O) groups excluding carboxylic acids is 1. The van der Waals surface area contributed by atoms with E-state index in [1.165, 1.54) is 16.2 Å². The third-order valence-corrected chi connectivity index (χ3v) is 3.90. The highest BCUT2D eigenvalue weighted by molar-refractivity contribution is 5.80. The van der Waals surface area contributed by atoms with Gasteiger partial charge in [0.05, 0.1) is 17.6 Å². The number of hydrogen-bond donors (Lipinski definition) is 1. The first kappa shape index (κ1) is 15.7. The van der Waals surface area contributed by atoms with Crippen molar-refractivity contribution in [1.82, 2.24) is 14.5 Å². The maximum Gasteiger partial charge on any atom is 0.317 e. The zero-order valence-corrected chi connectivity index (χ0v) is 13.2. The van der Waals surface area contributed by atoms with E-state index in [1.54, 1.807) is 24.3 Å². The van der Waals surface area contributed by atoms with E-state index in [-0.39, 0.29) is 12.5 Å². The van der Waals surface area contributed by atoms with Crippen molar-refractivity contribution in [3.05, 3.63) is 80.9 Å². The minimum Gasteiger partial charge on any atom is -0.358 e. The van der Waals surface area contributed by atoms with Crippen LogP contribution >= 0.6 is 0 Å². The summed E-state index contributed by atoms with van der Waals surface area (Å²) in [6.07, 6.45) is 0. The van der Waals surface area contributed by atoms with Crippen LogP contribution in [-0.2, 0) is 17.9 Å². The van der Waals surface area contributed by atoms with E-state index < -0.39 is 11.1 Å². The van der Waals surface area contributed by atoms with Crippen LogP contribution in [0.25, 0.3) is 11.0 Å². The lowest BCUT2D eigenvalue weighted by molar-refractivity contribution is -0.121. The van der Waals surface area contributed by atoms with Gasteiger partial charge in [-0.1, -0.05) is 42.5 Å². The van der Waals surface area contributed by atoms with Crippen molar-refractivity contribution in [2.75, 3.05) is 7.05 Å². The molecule has 0 atom stereocenters. The van der Waals surface area contributed by atoms with Crippen molar-refractivity contribution in [1.29, 1.82) is 0 Å². The number of para-hydroxylation sites is 2. The third-order valence-electron chi connectivity index (χ3n) is 3.90. The van der Waals surface area contributed by atoms with E-state index in [4.69, 9.17) is 0 Å². The number of carbonyl (C=O) groups is 1. The Bertz CT molecular complexity index is 1000. The molecule has 2 aromatic carbocycles. The van der Waals surface area contributed by atoms with E-state index >= 15 is 0 Å². The van der Waals surface area contributed by atoms with Crippen LogP contribution in [0.2, 0.25) is 0 Å². The summed E-state index contributed by atoms with van der Waals surface area (Å²) in [5.74, 6) is -0.331. The number of amides is 1. The summed E-state index contributed by atoms with van der Waals surface area (Å²) in [5, 5.41) is 2.47. The predicted molar refractivity (Wildman–Crippen MR) is 92.1 cm³/mol. The van der Waals surface area contributed by atoms with Crippen LogP contribution in [-0.4, -0.2) is 22.1 Å². The van der Waals surface area contributed by atoms with Gasteiger partial charge in [-0.25, -0.2) is 0 Å². The standard InChI is InChI=1S/C18H17N3O3/c1-19-16(22)12-21-15-10-6-5-9-14(15)20(17(23)18(21)24)11-13-7-3-2-4-8-13/h2-10H,11-12H2,1H3,(H,19,22). The molecule has 0 unspecified atom stereocenters. The van der Waals surface area contributed by atoms with Crippen molar-refractivity contribution in [2.24, 2.45) is 0 Å². The maximum absolute atomic E-state index is 12.6. The molecule has 0 spiro atoms. The van der Waals surface area contributed by atoms with E-state index in [1.807, 2.05) is 30.3 Å². The quantitative estimate of drug-likeness (QED) is 0.727. The van der Waals surface area contributed by atoms with Crippen LogP contribution in [0.5, 0.6) is 0 Å². The van der Waals surface area contributed by atoms with Crippen molar-refractivity contribution >= 4 is 16.9 Å². The highest BCUT2D eigenvalue weighted by Gasteiger charge is 2.14. The number of fused-ring (bicyclic) bond motifs is 1. The van der Waals surface area contributed by atoms with Gasteiger partial charge in [0.25, 0.3) is 0 Å². The molecular formula is C18H17N3O3. The van der Waals surface area contributed by atoms with Crippen LogP contribution in [0.4, 0.5) is 0 Å². The molecule has 0 saturated heterocycles. The number of aromatic nitrogens is 2. The first-order chi connectivity index (χ1) is 11.6. The Balaban J connectivity index is 2.23. The second-order valence-corrected chi connectivity index (χ2v) is 5.43. The minimum absolute atomic E-state index is 0.183. The van der Waals surface area contributed by atoms with Gasteiger partial charge in [-0.3, -0.25) is 23.5 Å². The fourth-order valence-electron chi connectivity index (χ4n) is 2.67. The van der Waals surface area contributed by atoms with Gasteiger partial charge in [0, 0.05) is 7.05 Å². The average Bonchev–Trinajstić information content (AvgIpc) is 2.63. The van der Waals surface area contributed by atoms with Gasteiger partial charge >= 0.3 is 11.1 Å². The van der Waals surface area contributed by atoms with E-state index in [0.717, 1.165) is 5.56 Å². The lowest BCUT2D eigenvalue weighted by atomic mass is 10.2. The summed E-state index contributed by atoms with van der Waals surface area (Å²) in [6.45, 7) is 0.119. The molecule has 6 nitrogen and oxygen atoms in total. The molecule has 0 radical (unpaired) electrons. The molecule has 0 saturated carbocycles. The molecule has 24 heavy (non-hydrogen) atoms. The molecule has 0 aliphatic carbocycles. The Kier molecular flexibility index (Phi) is 4.29. The monoisotopic (exact) mass is 323 g/mol. The molecule has 1 amide bonds. The van der Waals surface area contributed by atoms with Crippen molar-refractivity contribution in [3.8, 4) is 0 Å². The van der Waals surface area contributed by atoms with Crippen molar-refractivity contribution in [3.63, 3.8) is 0 Å². The summed E-state index contributed by atoms with van der Waals surface area (Å²) < 4.78 is 2.67. The van der Waals surface area contributed by atoms with Gasteiger partial charge in [0.1, 0.15) is 6.54 Å². The molecule has 1 N–H and O–H groups in total. The van der Waals surface area contributed by atoms with Crippen molar-refractivity contribution in [2.45, 2.75) is 13.1 Å². The highest BCUT2D eigenvalue weighted by atomic mass is 16.2. The fraction of sp³-hybridized carbons (Fsp3) is 0.167. The van der Waals surface area contributed by atoms with Crippen molar-refractivity contribution < 1.29 is 4.79 Å². The first-order valence-electron chi connectivity index (χ1n) is 7.58. The van der Waals surface area contributed by atoms with Gasteiger partial charge in [-0.2, -0.15) is 0 Å². The molecule has 0 aliphatic rings. The Morgan fingerprint density at radius 2 is 1.42 bits per heavy atom. The molecule has 1 aromatic heterocycles. The van der Waals surface area contributed by atoms with Gasteiger partial charge < -0.3 is 5.32 Å². The zero-order chi connectivity index (χ0) is 17.1. The van der Waals surface area contributed by atoms with Gasteiger partial charge in [-0.15, -0.1) is 0 Å². The number of hydrogen-bond acceptors (Lipinski definition) is 3. The summed E-state index contributed by atoms with van der Waals surface area (Å²) >= 11 is 0. The molecule has 6 heteroatoms. The Labute approximate surface area is 138 Å². The number of rotatable bonds is 4. The Hall–Kier alpha value is -3.15. The molecule has 3 rings (SSSR count). The number of nitrogens with zero attached hydrogens (tertiary/aromatic N) is 2. The van der Waals surface area contributed by atoms with E-state index in [9.17, 15) is 14.4 Å². The average molecular weight is 323 g/mol. The zero-order valence-electron chi connectivity index (χ0n) is 13.2.